The van der Waals surface area contributed by atoms with Crippen LogP contribution >= 0.6 is 0 Å². The topological polar surface area (TPSA) is 32.3 Å². The molecule has 138 valence electrons. The van der Waals surface area contributed by atoms with E-state index in [1.165, 1.54) is 11.6 Å². The van der Waals surface area contributed by atoms with Crippen LogP contribution in [0.1, 0.15) is 18.1 Å². The molecule has 0 spiro atoms. The van der Waals surface area contributed by atoms with Crippen molar-refractivity contribution in [2.24, 2.45) is 0 Å². The first-order valence-electron chi connectivity index (χ1n) is 9.08. The second-order valence-electron chi connectivity index (χ2n) is 6.36. The number of carbonyl (C=O) groups excluding carboxylic acids is 1. The van der Waals surface area contributed by atoms with E-state index in [2.05, 4.69) is 29.3 Å². The van der Waals surface area contributed by atoms with Crippen LogP contribution in [0.5, 0.6) is 0 Å². The molecule has 0 aliphatic carbocycles. The van der Waals surface area contributed by atoms with Gasteiger partial charge in [0.15, 0.2) is 0 Å². The lowest BCUT2D eigenvalue weighted by atomic mass is 10.1. The number of hydrogen-bond donors (Lipinski definition) is 1. The first kappa shape index (κ1) is 18.6. The van der Waals surface area contributed by atoms with Gasteiger partial charge in [0.05, 0.1) is 6.42 Å². The normalized spacial score (nSPS) is 10.4. The maximum absolute atomic E-state index is 13.7. The Morgan fingerprint density at radius 3 is 2.26 bits per heavy atom. The summed E-state index contributed by atoms with van der Waals surface area (Å²) in [4.78, 5) is 14.4. The predicted octanol–water partition coefficient (Wildman–Crippen LogP) is 5.03. The van der Waals surface area contributed by atoms with Crippen molar-refractivity contribution in [1.29, 1.82) is 0 Å². The second-order valence-corrected chi connectivity index (χ2v) is 6.36. The fourth-order valence-electron chi connectivity index (χ4n) is 2.96. The van der Waals surface area contributed by atoms with E-state index in [9.17, 15) is 9.18 Å². The van der Waals surface area contributed by atoms with Crippen LogP contribution in [0.4, 0.5) is 15.8 Å². The zero-order valence-corrected chi connectivity index (χ0v) is 15.4. The summed E-state index contributed by atoms with van der Waals surface area (Å²) in [5, 5.41) is 2.83. The predicted molar refractivity (Wildman–Crippen MR) is 108 cm³/mol. The fraction of sp³-hybridized carbons (Fsp3) is 0.174. The Morgan fingerprint density at radius 2 is 1.59 bits per heavy atom. The molecule has 0 saturated carbocycles. The van der Waals surface area contributed by atoms with E-state index < -0.39 is 0 Å². The van der Waals surface area contributed by atoms with Gasteiger partial charge in [0, 0.05) is 24.5 Å². The Balaban J connectivity index is 1.62. The Morgan fingerprint density at radius 1 is 0.926 bits per heavy atom. The smallest absolute Gasteiger partial charge is 0.228 e. The van der Waals surface area contributed by atoms with Crippen LogP contribution < -0.4 is 10.2 Å². The van der Waals surface area contributed by atoms with Gasteiger partial charge in [0.1, 0.15) is 5.82 Å². The van der Waals surface area contributed by atoms with Crippen molar-refractivity contribution < 1.29 is 9.18 Å². The number of nitrogens with one attached hydrogen (secondary N) is 1. The van der Waals surface area contributed by atoms with E-state index in [1.54, 1.807) is 18.2 Å². The van der Waals surface area contributed by atoms with Crippen LogP contribution in [0, 0.1) is 5.82 Å². The van der Waals surface area contributed by atoms with Crippen LogP contribution in [0.3, 0.4) is 0 Å². The number of rotatable bonds is 7. The third-order valence-electron chi connectivity index (χ3n) is 4.42. The number of amides is 1. The molecule has 0 atom stereocenters. The van der Waals surface area contributed by atoms with Crippen molar-refractivity contribution in [3.8, 4) is 0 Å². The Labute approximate surface area is 159 Å². The maximum Gasteiger partial charge on any atom is 0.228 e. The maximum atomic E-state index is 13.7. The Kier molecular flexibility index (Phi) is 6.21. The van der Waals surface area contributed by atoms with Crippen LogP contribution in [0.25, 0.3) is 0 Å². The van der Waals surface area contributed by atoms with E-state index in [0.717, 1.165) is 18.8 Å². The van der Waals surface area contributed by atoms with Gasteiger partial charge in [-0.2, -0.15) is 0 Å². The SMILES string of the molecule is CCN(Cc1ccccc1)c1ccc(NC(=O)Cc2ccccc2F)cc1. The summed E-state index contributed by atoms with van der Waals surface area (Å²) in [6.45, 7) is 3.83. The third-order valence-corrected chi connectivity index (χ3v) is 4.42. The van der Waals surface area contributed by atoms with E-state index in [0.29, 0.717) is 11.3 Å². The van der Waals surface area contributed by atoms with Crippen LogP contribution in [0.15, 0.2) is 78.9 Å². The highest BCUT2D eigenvalue weighted by Gasteiger charge is 2.09. The number of nitrogens with zero attached hydrogens (tertiary/aromatic N) is 1. The molecule has 3 nitrogen and oxygen atoms in total. The van der Waals surface area contributed by atoms with Gasteiger partial charge in [0.25, 0.3) is 0 Å². The van der Waals surface area contributed by atoms with Gasteiger partial charge in [-0.3, -0.25) is 4.79 Å². The summed E-state index contributed by atoms with van der Waals surface area (Å²) in [5.41, 5.74) is 3.44. The molecule has 0 heterocycles. The molecule has 27 heavy (non-hydrogen) atoms. The van der Waals surface area contributed by atoms with Gasteiger partial charge in [-0.1, -0.05) is 48.5 Å². The quantitative estimate of drug-likeness (QED) is 0.639. The van der Waals surface area contributed by atoms with Gasteiger partial charge < -0.3 is 10.2 Å². The van der Waals surface area contributed by atoms with E-state index in [1.807, 2.05) is 42.5 Å². The lowest BCUT2D eigenvalue weighted by Crippen LogP contribution is -2.22. The minimum absolute atomic E-state index is 0.0174. The molecule has 0 unspecified atom stereocenters. The summed E-state index contributed by atoms with van der Waals surface area (Å²) in [5.74, 6) is -0.591. The third kappa shape index (κ3) is 5.17. The van der Waals surface area contributed by atoms with Gasteiger partial charge in [0.2, 0.25) is 5.91 Å². The lowest BCUT2D eigenvalue weighted by Gasteiger charge is -2.23. The Bertz CT molecular complexity index is 878. The fourth-order valence-corrected chi connectivity index (χ4v) is 2.96. The standard InChI is InChI=1S/C23H23FN2O/c1-2-26(17-18-8-4-3-5-9-18)21-14-12-20(13-15-21)25-23(27)16-19-10-6-7-11-22(19)24/h3-15H,2,16-17H2,1H3,(H,25,27). The molecule has 0 saturated heterocycles. The highest BCUT2D eigenvalue weighted by molar-refractivity contribution is 5.92. The molecule has 1 N–H and O–H groups in total. The average molecular weight is 362 g/mol. The average Bonchev–Trinajstić information content (AvgIpc) is 2.69. The zero-order chi connectivity index (χ0) is 19.1. The van der Waals surface area contributed by atoms with Gasteiger partial charge in [-0.05, 0) is 48.4 Å². The molecule has 0 aliphatic heterocycles. The molecule has 3 aromatic carbocycles. The molecule has 0 aliphatic rings. The highest BCUT2D eigenvalue weighted by atomic mass is 19.1. The molecule has 4 heteroatoms. The lowest BCUT2D eigenvalue weighted by molar-refractivity contribution is -0.115. The van der Waals surface area contributed by atoms with Crippen LogP contribution in [-0.4, -0.2) is 12.5 Å². The summed E-state index contributed by atoms with van der Waals surface area (Å²) in [6, 6.07) is 24.4. The van der Waals surface area contributed by atoms with Gasteiger partial charge in [-0.15, -0.1) is 0 Å². The minimum atomic E-state index is -0.359. The van der Waals surface area contributed by atoms with Crippen molar-refractivity contribution >= 4 is 17.3 Å². The van der Waals surface area contributed by atoms with Gasteiger partial charge >= 0.3 is 0 Å². The molecule has 0 fully saturated rings. The number of anilines is 2. The second kappa shape index (κ2) is 8.99. The molecule has 3 aromatic rings. The summed E-state index contributed by atoms with van der Waals surface area (Å²) >= 11 is 0. The van der Waals surface area contributed by atoms with E-state index in [4.69, 9.17) is 0 Å². The minimum Gasteiger partial charge on any atom is -0.367 e. The molecular formula is C23H23FN2O. The Hall–Kier alpha value is -3.14. The summed E-state index contributed by atoms with van der Waals surface area (Å²) < 4.78 is 13.7. The largest absolute Gasteiger partial charge is 0.367 e. The van der Waals surface area contributed by atoms with Crippen LogP contribution in [-0.2, 0) is 17.8 Å². The van der Waals surface area contributed by atoms with Crippen LogP contribution in [0.2, 0.25) is 0 Å². The molecule has 1 amide bonds. The van der Waals surface area contributed by atoms with Crippen molar-refractivity contribution in [3.63, 3.8) is 0 Å². The molecular weight excluding hydrogens is 339 g/mol. The zero-order valence-electron chi connectivity index (χ0n) is 15.4. The first-order valence-corrected chi connectivity index (χ1v) is 9.08. The number of carbonyl (C=O) groups is 1. The van der Waals surface area contributed by atoms with Crippen molar-refractivity contribution in [2.45, 2.75) is 19.9 Å². The van der Waals surface area contributed by atoms with Crippen molar-refractivity contribution in [1.82, 2.24) is 0 Å². The number of hydrogen-bond acceptors (Lipinski definition) is 2. The summed E-state index contributed by atoms with van der Waals surface area (Å²) in [6.07, 6.45) is 0.0174. The molecule has 0 bridgehead atoms. The highest BCUT2D eigenvalue weighted by Crippen LogP contribution is 2.20. The monoisotopic (exact) mass is 362 g/mol. The molecule has 3 rings (SSSR count). The van der Waals surface area contributed by atoms with E-state index in [-0.39, 0.29) is 18.1 Å². The van der Waals surface area contributed by atoms with Crippen molar-refractivity contribution in [2.75, 3.05) is 16.8 Å². The number of halogens is 1. The van der Waals surface area contributed by atoms with Crippen molar-refractivity contribution in [3.05, 3.63) is 95.8 Å². The first-order chi connectivity index (χ1) is 13.2. The summed E-state index contributed by atoms with van der Waals surface area (Å²) in [7, 11) is 0. The number of benzene rings is 3. The van der Waals surface area contributed by atoms with Gasteiger partial charge in [-0.25, -0.2) is 4.39 Å². The van der Waals surface area contributed by atoms with E-state index >= 15 is 0 Å². The molecule has 0 aromatic heterocycles. The molecule has 0 radical (unpaired) electrons.